The smallest absolute Gasteiger partial charge is 0.225 e. The molecule has 0 aromatic carbocycles. The van der Waals surface area contributed by atoms with Crippen molar-refractivity contribution < 1.29 is 4.79 Å². The van der Waals surface area contributed by atoms with Crippen LogP contribution in [0.5, 0.6) is 0 Å². The third kappa shape index (κ3) is 3.86. The minimum Gasteiger partial charge on any atom is -0.345 e. The Morgan fingerprint density at radius 2 is 2.12 bits per heavy atom. The van der Waals surface area contributed by atoms with Crippen LogP contribution < -0.4 is 0 Å². The molecular weight excluding hydrogens is 210 g/mol. The van der Waals surface area contributed by atoms with Gasteiger partial charge in [0.05, 0.1) is 0 Å². The summed E-state index contributed by atoms with van der Waals surface area (Å²) < 4.78 is 0. The molecule has 2 heteroatoms. The van der Waals surface area contributed by atoms with E-state index in [0.717, 1.165) is 25.3 Å². The number of rotatable bonds is 5. The van der Waals surface area contributed by atoms with Gasteiger partial charge >= 0.3 is 0 Å². The number of nitrogens with zero attached hydrogens (tertiary/aromatic N) is 1. The van der Waals surface area contributed by atoms with Crippen LogP contribution in [0.2, 0.25) is 0 Å². The monoisotopic (exact) mass is 235 g/mol. The van der Waals surface area contributed by atoms with E-state index in [1.54, 1.807) is 0 Å². The van der Waals surface area contributed by atoms with Crippen LogP contribution in [-0.2, 0) is 4.79 Å². The molecule has 2 atom stereocenters. The first-order valence-electron chi connectivity index (χ1n) is 7.06. The number of amides is 1. The third-order valence-electron chi connectivity index (χ3n) is 4.00. The van der Waals surface area contributed by atoms with E-state index in [0.29, 0.717) is 17.7 Å². The molecular formula is C15H25NO. The van der Waals surface area contributed by atoms with Gasteiger partial charge in [-0.25, -0.2) is 0 Å². The second-order valence-corrected chi connectivity index (χ2v) is 5.98. The van der Waals surface area contributed by atoms with Crippen LogP contribution in [0.15, 0.2) is 12.2 Å². The fraction of sp³-hybridized carbons (Fsp3) is 0.800. The van der Waals surface area contributed by atoms with Crippen LogP contribution in [0, 0.1) is 17.8 Å². The van der Waals surface area contributed by atoms with Gasteiger partial charge in [-0.1, -0.05) is 19.1 Å². The highest BCUT2D eigenvalue weighted by molar-refractivity contribution is 5.80. The molecule has 1 fully saturated rings. The molecule has 0 N–H and O–H groups in total. The zero-order chi connectivity index (χ0) is 12.3. The minimum absolute atomic E-state index is 0.366. The van der Waals surface area contributed by atoms with Gasteiger partial charge in [0.15, 0.2) is 0 Å². The Labute approximate surface area is 105 Å². The number of carbonyl (C=O) groups is 1. The van der Waals surface area contributed by atoms with E-state index >= 15 is 0 Å². The van der Waals surface area contributed by atoms with E-state index < -0.39 is 0 Å². The molecule has 2 unspecified atom stereocenters. The molecule has 0 bridgehead atoms. The first kappa shape index (κ1) is 12.7. The summed E-state index contributed by atoms with van der Waals surface area (Å²) in [5.74, 6) is 2.23. The Kier molecular flexibility index (Phi) is 4.25. The second-order valence-electron chi connectivity index (χ2n) is 5.98. The van der Waals surface area contributed by atoms with Gasteiger partial charge in [-0.15, -0.1) is 0 Å². The van der Waals surface area contributed by atoms with Crippen LogP contribution >= 0.6 is 0 Å². The molecule has 1 amide bonds. The zero-order valence-electron chi connectivity index (χ0n) is 11.2. The number of hydrogen-bond acceptors (Lipinski definition) is 1. The van der Waals surface area contributed by atoms with Crippen molar-refractivity contribution >= 4 is 5.91 Å². The van der Waals surface area contributed by atoms with E-state index in [2.05, 4.69) is 19.1 Å². The second kappa shape index (κ2) is 5.70. The lowest BCUT2D eigenvalue weighted by Gasteiger charge is -2.26. The third-order valence-corrected chi connectivity index (χ3v) is 4.00. The zero-order valence-corrected chi connectivity index (χ0v) is 11.2. The maximum atomic E-state index is 11.8. The maximum absolute atomic E-state index is 11.8. The number of carbonyl (C=O) groups excluding carboxylic acids is 1. The van der Waals surface area contributed by atoms with Gasteiger partial charge in [-0.05, 0) is 50.4 Å². The van der Waals surface area contributed by atoms with Crippen molar-refractivity contribution in [3.05, 3.63) is 12.2 Å². The van der Waals surface area contributed by atoms with E-state index in [1.807, 2.05) is 11.9 Å². The predicted molar refractivity (Wildman–Crippen MR) is 70.6 cm³/mol. The molecule has 17 heavy (non-hydrogen) atoms. The van der Waals surface area contributed by atoms with Gasteiger partial charge in [0, 0.05) is 19.5 Å². The highest BCUT2D eigenvalue weighted by atomic mass is 16.2. The first-order chi connectivity index (χ1) is 8.16. The molecule has 0 radical (unpaired) electrons. The lowest BCUT2D eigenvalue weighted by molar-refractivity contribution is -0.131. The highest BCUT2D eigenvalue weighted by Gasteiger charge is 2.32. The molecule has 96 valence electrons. The summed E-state index contributed by atoms with van der Waals surface area (Å²) in [6, 6.07) is 0. The van der Waals surface area contributed by atoms with Crippen molar-refractivity contribution in [2.45, 2.75) is 45.4 Å². The molecule has 1 saturated carbocycles. The Balaban J connectivity index is 1.70. The molecule has 0 saturated heterocycles. The normalized spacial score (nSPS) is 25.6. The van der Waals surface area contributed by atoms with Gasteiger partial charge in [0.1, 0.15) is 0 Å². The van der Waals surface area contributed by atoms with Gasteiger partial charge in [-0.2, -0.15) is 0 Å². The summed E-state index contributed by atoms with van der Waals surface area (Å²) in [5.41, 5.74) is 0. The lowest BCUT2D eigenvalue weighted by Crippen LogP contribution is -2.32. The molecule has 0 aromatic heterocycles. The van der Waals surface area contributed by atoms with Crippen molar-refractivity contribution in [3.63, 3.8) is 0 Å². The van der Waals surface area contributed by atoms with Crippen molar-refractivity contribution in [1.29, 1.82) is 0 Å². The topological polar surface area (TPSA) is 20.3 Å². The van der Waals surface area contributed by atoms with Crippen LogP contribution in [0.3, 0.4) is 0 Å². The number of hydrogen-bond donors (Lipinski definition) is 0. The summed E-state index contributed by atoms with van der Waals surface area (Å²) in [4.78, 5) is 13.8. The fourth-order valence-electron chi connectivity index (χ4n) is 2.91. The Morgan fingerprint density at radius 3 is 2.71 bits per heavy atom. The largest absolute Gasteiger partial charge is 0.345 e. The Morgan fingerprint density at radius 1 is 1.35 bits per heavy atom. The summed E-state index contributed by atoms with van der Waals surface area (Å²) in [6.45, 7) is 3.23. The standard InChI is InChI=1S/C15H25NO/c1-12(10-13-6-4-3-5-7-13)11-16(2)15(17)14-8-9-14/h3-4,12-14H,5-11H2,1-2H3. The minimum atomic E-state index is 0.366. The van der Waals surface area contributed by atoms with E-state index in [4.69, 9.17) is 0 Å². The van der Waals surface area contributed by atoms with Crippen molar-refractivity contribution in [2.24, 2.45) is 17.8 Å². The predicted octanol–water partition coefficient (Wildman–Crippen LogP) is 3.24. The Bertz CT molecular complexity index is 293. The summed E-state index contributed by atoms with van der Waals surface area (Å²) in [5, 5.41) is 0. The first-order valence-corrected chi connectivity index (χ1v) is 7.06. The molecule has 2 rings (SSSR count). The molecule has 0 spiro atoms. The summed E-state index contributed by atoms with van der Waals surface area (Å²) in [7, 11) is 1.97. The van der Waals surface area contributed by atoms with E-state index in [-0.39, 0.29) is 0 Å². The van der Waals surface area contributed by atoms with Gasteiger partial charge in [0.25, 0.3) is 0 Å². The van der Waals surface area contributed by atoms with E-state index in [1.165, 1.54) is 25.7 Å². The van der Waals surface area contributed by atoms with Crippen LogP contribution in [0.25, 0.3) is 0 Å². The van der Waals surface area contributed by atoms with Crippen LogP contribution in [0.1, 0.15) is 45.4 Å². The average Bonchev–Trinajstić information content (AvgIpc) is 3.13. The molecule has 0 aliphatic heterocycles. The summed E-state index contributed by atoms with van der Waals surface area (Å²) >= 11 is 0. The lowest BCUT2D eigenvalue weighted by atomic mass is 9.86. The molecule has 2 nitrogen and oxygen atoms in total. The average molecular weight is 235 g/mol. The van der Waals surface area contributed by atoms with Gasteiger partial charge in [-0.3, -0.25) is 4.79 Å². The SMILES string of the molecule is CC(CC1CC=CCC1)CN(C)C(=O)C1CC1. The molecule has 0 aromatic rings. The van der Waals surface area contributed by atoms with E-state index in [9.17, 15) is 4.79 Å². The fourth-order valence-corrected chi connectivity index (χ4v) is 2.91. The van der Waals surface area contributed by atoms with Crippen molar-refractivity contribution in [1.82, 2.24) is 4.90 Å². The van der Waals surface area contributed by atoms with Gasteiger partial charge < -0.3 is 4.90 Å². The van der Waals surface area contributed by atoms with Gasteiger partial charge in [0.2, 0.25) is 5.91 Å². The number of allylic oxidation sites excluding steroid dienone is 2. The van der Waals surface area contributed by atoms with Crippen LogP contribution in [0.4, 0.5) is 0 Å². The summed E-state index contributed by atoms with van der Waals surface area (Å²) in [6.07, 6.45) is 11.9. The van der Waals surface area contributed by atoms with Crippen LogP contribution in [-0.4, -0.2) is 24.4 Å². The van der Waals surface area contributed by atoms with Crippen molar-refractivity contribution in [3.8, 4) is 0 Å². The quantitative estimate of drug-likeness (QED) is 0.670. The molecule has 2 aliphatic carbocycles. The molecule has 0 heterocycles. The maximum Gasteiger partial charge on any atom is 0.225 e. The Hall–Kier alpha value is -0.790. The highest BCUT2D eigenvalue weighted by Crippen LogP contribution is 2.31. The molecule has 2 aliphatic rings. The van der Waals surface area contributed by atoms with Crippen molar-refractivity contribution in [2.75, 3.05) is 13.6 Å².